The highest BCUT2D eigenvalue weighted by molar-refractivity contribution is 5.89. The zero-order valence-corrected chi connectivity index (χ0v) is 16.8. The van der Waals surface area contributed by atoms with Crippen LogP contribution in [0.25, 0.3) is 0 Å². The van der Waals surface area contributed by atoms with Crippen molar-refractivity contribution in [1.82, 2.24) is 15.7 Å². The van der Waals surface area contributed by atoms with Gasteiger partial charge in [-0.15, -0.1) is 0 Å². The lowest BCUT2D eigenvalue weighted by Crippen LogP contribution is -2.55. The second-order valence-corrected chi connectivity index (χ2v) is 7.74. The molecule has 7 nitrogen and oxygen atoms in total. The molecule has 0 heterocycles. The monoisotopic (exact) mass is 377 g/mol. The van der Waals surface area contributed by atoms with Crippen molar-refractivity contribution < 1.29 is 19.6 Å². The molecule has 0 saturated carbocycles. The molecule has 3 amide bonds. The Labute approximate surface area is 161 Å². The van der Waals surface area contributed by atoms with Crippen LogP contribution in [0.2, 0.25) is 0 Å². The first-order valence-electron chi connectivity index (χ1n) is 9.09. The molecule has 1 aromatic rings. The van der Waals surface area contributed by atoms with E-state index in [1.807, 2.05) is 51.1 Å². The van der Waals surface area contributed by atoms with Gasteiger partial charge in [0.2, 0.25) is 17.7 Å². The van der Waals surface area contributed by atoms with Crippen molar-refractivity contribution in [2.45, 2.75) is 46.6 Å². The van der Waals surface area contributed by atoms with Gasteiger partial charge >= 0.3 is 0 Å². The van der Waals surface area contributed by atoms with E-state index in [0.29, 0.717) is 17.9 Å². The fourth-order valence-electron chi connectivity index (χ4n) is 2.71. The van der Waals surface area contributed by atoms with Crippen molar-refractivity contribution in [3.05, 3.63) is 35.9 Å². The molecule has 27 heavy (non-hydrogen) atoms. The molecule has 0 radical (unpaired) electrons. The summed E-state index contributed by atoms with van der Waals surface area (Å²) >= 11 is 0. The molecule has 0 aliphatic carbocycles. The molecular formula is C20H31N3O4. The van der Waals surface area contributed by atoms with Crippen molar-refractivity contribution in [3.8, 4) is 0 Å². The lowest BCUT2D eigenvalue weighted by Gasteiger charge is -2.31. The Morgan fingerprint density at radius 3 is 2.19 bits per heavy atom. The molecule has 0 aromatic heterocycles. The average molecular weight is 377 g/mol. The van der Waals surface area contributed by atoms with Crippen LogP contribution in [-0.2, 0) is 20.8 Å². The molecule has 0 spiro atoms. The summed E-state index contributed by atoms with van der Waals surface area (Å²) < 4.78 is 0. The Morgan fingerprint density at radius 1 is 1.11 bits per heavy atom. The van der Waals surface area contributed by atoms with Crippen LogP contribution in [-0.4, -0.2) is 47.6 Å². The molecule has 1 rings (SSSR count). The van der Waals surface area contributed by atoms with Crippen LogP contribution in [0.4, 0.5) is 0 Å². The second-order valence-electron chi connectivity index (χ2n) is 7.74. The van der Waals surface area contributed by atoms with Gasteiger partial charge in [-0.2, -0.15) is 0 Å². The fourth-order valence-corrected chi connectivity index (χ4v) is 2.71. The van der Waals surface area contributed by atoms with Gasteiger partial charge in [0.25, 0.3) is 0 Å². The zero-order valence-electron chi connectivity index (χ0n) is 16.8. The van der Waals surface area contributed by atoms with E-state index in [1.54, 1.807) is 0 Å². The first-order valence-corrected chi connectivity index (χ1v) is 9.09. The fraction of sp³-hybridized carbons (Fsp3) is 0.550. The maximum atomic E-state index is 12.9. The van der Waals surface area contributed by atoms with Crippen molar-refractivity contribution in [3.63, 3.8) is 0 Å². The summed E-state index contributed by atoms with van der Waals surface area (Å²) in [6, 6.07) is 8.94. The predicted octanol–water partition coefficient (Wildman–Crippen LogP) is 1.75. The molecule has 0 aliphatic rings. The summed E-state index contributed by atoms with van der Waals surface area (Å²) in [5.41, 5.74) is 0.570. The summed E-state index contributed by atoms with van der Waals surface area (Å²) in [5.74, 6) is -1.83. The lowest BCUT2D eigenvalue weighted by molar-refractivity contribution is -0.166. The minimum Gasteiger partial charge on any atom is -0.357 e. The second kappa shape index (κ2) is 10.1. The summed E-state index contributed by atoms with van der Waals surface area (Å²) in [4.78, 5) is 36.4. The quantitative estimate of drug-likeness (QED) is 0.475. The number of nitrogens with one attached hydrogen (secondary N) is 2. The minimum absolute atomic E-state index is 0.126. The number of benzene rings is 1. The molecule has 7 heteroatoms. The molecule has 0 unspecified atom stereocenters. The Bertz CT molecular complexity index is 640. The maximum absolute atomic E-state index is 12.9. The highest BCUT2D eigenvalue weighted by Crippen LogP contribution is 2.21. The van der Waals surface area contributed by atoms with E-state index in [2.05, 4.69) is 10.6 Å². The number of likely N-dealkylation sites (N-methyl/N-ethyl adjacent to an activating group) is 1. The minimum atomic E-state index is -0.723. The van der Waals surface area contributed by atoms with Gasteiger partial charge in [0.1, 0.15) is 6.04 Å². The number of carbonyl (C=O) groups excluding carboxylic acids is 3. The van der Waals surface area contributed by atoms with Crippen LogP contribution in [0.1, 0.15) is 39.7 Å². The van der Waals surface area contributed by atoms with Gasteiger partial charge in [0, 0.05) is 14.0 Å². The van der Waals surface area contributed by atoms with E-state index in [-0.39, 0.29) is 18.4 Å². The number of hydroxylamine groups is 2. The summed E-state index contributed by atoms with van der Waals surface area (Å²) in [6.07, 6.45) is 1.05. The van der Waals surface area contributed by atoms with Gasteiger partial charge in [0.05, 0.1) is 12.5 Å². The molecule has 0 fully saturated rings. The predicted molar refractivity (Wildman–Crippen MR) is 103 cm³/mol. The van der Waals surface area contributed by atoms with E-state index in [9.17, 15) is 19.6 Å². The third-order valence-corrected chi connectivity index (χ3v) is 4.41. The largest absolute Gasteiger partial charge is 0.357 e. The average Bonchev–Trinajstić information content (AvgIpc) is 2.61. The van der Waals surface area contributed by atoms with Crippen LogP contribution in [0.5, 0.6) is 0 Å². The number of amides is 3. The number of carbonyl (C=O) groups is 3. The smallest absolute Gasteiger partial charge is 0.242 e. The normalized spacial score (nSPS) is 13.4. The van der Waals surface area contributed by atoms with Crippen LogP contribution < -0.4 is 10.6 Å². The Kier molecular flexibility index (Phi) is 8.43. The number of rotatable bonds is 8. The van der Waals surface area contributed by atoms with Gasteiger partial charge in [-0.3, -0.25) is 19.6 Å². The van der Waals surface area contributed by atoms with E-state index in [0.717, 1.165) is 5.56 Å². The van der Waals surface area contributed by atoms with E-state index in [1.165, 1.54) is 14.0 Å². The van der Waals surface area contributed by atoms with Gasteiger partial charge in [-0.05, 0) is 23.8 Å². The molecule has 0 aliphatic heterocycles. The van der Waals surface area contributed by atoms with Crippen LogP contribution >= 0.6 is 0 Å². The molecule has 1 aromatic carbocycles. The number of nitrogens with zero attached hydrogens (tertiary/aromatic N) is 1. The molecule has 0 bridgehead atoms. The molecular weight excluding hydrogens is 346 g/mol. The highest BCUT2D eigenvalue weighted by atomic mass is 16.5. The number of hydrogen-bond acceptors (Lipinski definition) is 4. The Balaban J connectivity index is 2.93. The lowest BCUT2D eigenvalue weighted by atomic mass is 9.85. The van der Waals surface area contributed by atoms with Crippen molar-refractivity contribution in [2.24, 2.45) is 11.3 Å². The third kappa shape index (κ3) is 7.38. The SMILES string of the molecule is CNC(=O)[C@@H](NC(=O)[C@H](CCc1ccccc1)CN(O)C(C)=O)C(C)(C)C. The van der Waals surface area contributed by atoms with Crippen molar-refractivity contribution in [1.29, 1.82) is 0 Å². The van der Waals surface area contributed by atoms with E-state index < -0.39 is 23.3 Å². The summed E-state index contributed by atoms with van der Waals surface area (Å²) in [5, 5.41) is 15.7. The molecule has 2 atom stereocenters. The van der Waals surface area contributed by atoms with E-state index >= 15 is 0 Å². The summed E-state index contributed by atoms with van der Waals surface area (Å²) in [6.45, 7) is 6.69. The van der Waals surface area contributed by atoms with Crippen molar-refractivity contribution >= 4 is 17.7 Å². The van der Waals surface area contributed by atoms with Gasteiger partial charge < -0.3 is 10.6 Å². The molecule has 150 valence electrons. The third-order valence-electron chi connectivity index (χ3n) is 4.41. The Morgan fingerprint density at radius 2 is 1.70 bits per heavy atom. The van der Waals surface area contributed by atoms with Crippen LogP contribution in [0, 0.1) is 11.3 Å². The van der Waals surface area contributed by atoms with Crippen LogP contribution in [0.3, 0.4) is 0 Å². The molecule has 0 saturated heterocycles. The number of aryl methyl sites for hydroxylation is 1. The first-order chi connectivity index (χ1) is 12.6. The van der Waals surface area contributed by atoms with Gasteiger partial charge in [0.15, 0.2) is 0 Å². The maximum Gasteiger partial charge on any atom is 0.242 e. The Hall–Kier alpha value is -2.41. The van der Waals surface area contributed by atoms with Gasteiger partial charge in [-0.1, -0.05) is 51.1 Å². The van der Waals surface area contributed by atoms with E-state index in [4.69, 9.17) is 0 Å². The van der Waals surface area contributed by atoms with Crippen molar-refractivity contribution in [2.75, 3.05) is 13.6 Å². The first kappa shape index (κ1) is 22.6. The van der Waals surface area contributed by atoms with Gasteiger partial charge in [-0.25, -0.2) is 5.06 Å². The topological polar surface area (TPSA) is 98.7 Å². The standard InChI is InChI=1S/C20H31N3O4/c1-14(24)23(27)13-16(12-11-15-9-7-6-8-10-15)18(25)22-17(19(26)21-5)20(2,3)4/h6-10,16-17,27H,11-13H2,1-5H3,(H,21,26)(H,22,25)/t16-,17-/m1/s1. The molecule has 3 N–H and O–H groups in total. The number of hydrogen-bond donors (Lipinski definition) is 3. The zero-order chi connectivity index (χ0) is 20.6. The highest BCUT2D eigenvalue weighted by Gasteiger charge is 2.34. The summed E-state index contributed by atoms with van der Waals surface area (Å²) in [7, 11) is 1.52. The van der Waals surface area contributed by atoms with Crippen LogP contribution in [0.15, 0.2) is 30.3 Å².